The molecule has 0 spiro atoms. The molecule has 1 aliphatic heterocycles. The van der Waals surface area contributed by atoms with E-state index < -0.39 is 5.97 Å². The van der Waals surface area contributed by atoms with E-state index in [-0.39, 0.29) is 18.2 Å². The van der Waals surface area contributed by atoms with Gasteiger partial charge in [-0.25, -0.2) is 4.39 Å². The maximum Gasteiger partial charge on any atom is 0.303 e. The van der Waals surface area contributed by atoms with Crippen molar-refractivity contribution in [2.24, 2.45) is 0 Å². The van der Waals surface area contributed by atoms with Gasteiger partial charge in [0, 0.05) is 30.6 Å². The molecule has 0 radical (unpaired) electrons. The van der Waals surface area contributed by atoms with E-state index in [1.807, 2.05) is 0 Å². The molecule has 1 atom stereocenters. The first-order valence-electron chi connectivity index (χ1n) is 6.27. The first-order valence-corrected chi connectivity index (χ1v) is 6.27. The van der Waals surface area contributed by atoms with Crippen LogP contribution in [0.15, 0.2) is 18.2 Å². The monoisotopic (exact) mass is 251 g/mol. The lowest BCUT2D eigenvalue weighted by Crippen LogP contribution is -2.29. The number of anilines is 1. The van der Waals surface area contributed by atoms with Gasteiger partial charge < -0.3 is 10.0 Å². The van der Waals surface area contributed by atoms with Gasteiger partial charge in [-0.2, -0.15) is 0 Å². The standard InChI is InChI=1S/C14H18FNO2/c1-9(2)16-8-10(3-6-14(17)18)12-5-4-11(15)7-13(12)16/h4-5,7,9-10H,3,6,8H2,1-2H3,(H,17,18). The second kappa shape index (κ2) is 4.96. The minimum absolute atomic E-state index is 0.160. The van der Waals surface area contributed by atoms with Crippen LogP contribution >= 0.6 is 0 Å². The van der Waals surface area contributed by atoms with E-state index in [9.17, 15) is 9.18 Å². The third-order valence-corrected chi connectivity index (χ3v) is 3.49. The van der Waals surface area contributed by atoms with Crippen molar-refractivity contribution in [1.29, 1.82) is 0 Å². The fourth-order valence-corrected chi connectivity index (χ4v) is 2.58. The first kappa shape index (κ1) is 12.9. The number of carboxylic acids is 1. The summed E-state index contributed by atoms with van der Waals surface area (Å²) in [7, 11) is 0. The Balaban J connectivity index is 2.25. The fourth-order valence-electron chi connectivity index (χ4n) is 2.58. The number of rotatable bonds is 4. The topological polar surface area (TPSA) is 40.5 Å². The summed E-state index contributed by atoms with van der Waals surface area (Å²) in [4.78, 5) is 12.8. The quantitative estimate of drug-likeness (QED) is 0.894. The largest absolute Gasteiger partial charge is 0.481 e. The van der Waals surface area contributed by atoms with Gasteiger partial charge in [-0.1, -0.05) is 6.07 Å². The zero-order valence-corrected chi connectivity index (χ0v) is 10.7. The van der Waals surface area contributed by atoms with E-state index >= 15 is 0 Å². The van der Waals surface area contributed by atoms with Crippen LogP contribution < -0.4 is 4.90 Å². The predicted molar refractivity (Wildman–Crippen MR) is 68.5 cm³/mol. The van der Waals surface area contributed by atoms with Crippen molar-refractivity contribution in [3.05, 3.63) is 29.6 Å². The molecule has 0 aromatic heterocycles. The number of benzene rings is 1. The Hall–Kier alpha value is -1.58. The Labute approximate surface area is 106 Å². The lowest BCUT2D eigenvalue weighted by molar-refractivity contribution is -0.137. The predicted octanol–water partition coefficient (Wildman–Crippen LogP) is 3.00. The highest BCUT2D eigenvalue weighted by Crippen LogP contribution is 2.40. The van der Waals surface area contributed by atoms with Crippen LogP contribution in [0.2, 0.25) is 0 Å². The van der Waals surface area contributed by atoms with Gasteiger partial charge in [0.1, 0.15) is 5.82 Å². The van der Waals surface area contributed by atoms with Crippen LogP contribution in [0.25, 0.3) is 0 Å². The normalized spacial score (nSPS) is 18.2. The van der Waals surface area contributed by atoms with Gasteiger partial charge >= 0.3 is 5.97 Å². The highest BCUT2D eigenvalue weighted by atomic mass is 19.1. The van der Waals surface area contributed by atoms with Gasteiger partial charge in [0.2, 0.25) is 0 Å². The summed E-state index contributed by atoms with van der Waals surface area (Å²) in [5, 5.41) is 8.77. The van der Waals surface area contributed by atoms with Crippen molar-refractivity contribution in [2.45, 2.75) is 38.6 Å². The highest BCUT2D eigenvalue weighted by Gasteiger charge is 2.30. The molecule has 1 heterocycles. The molecule has 0 aliphatic carbocycles. The Kier molecular flexibility index (Phi) is 3.55. The molecule has 4 heteroatoms. The number of fused-ring (bicyclic) bond motifs is 1. The molecule has 0 saturated carbocycles. The summed E-state index contributed by atoms with van der Waals surface area (Å²) >= 11 is 0. The Morgan fingerprint density at radius 2 is 2.28 bits per heavy atom. The van der Waals surface area contributed by atoms with Crippen LogP contribution in [0.5, 0.6) is 0 Å². The summed E-state index contributed by atoms with van der Waals surface area (Å²) in [5.41, 5.74) is 1.99. The summed E-state index contributed by atoms with van der Waals surface area (Å²) in [6.07, 6.45) is 0.768. The summed E-state index contributed by atoms with van der Waals surface area (Å²) in [5.74, 6) is -0.820. The molecule has 98 valence electrons. The van der Waals surface area contributed by atoms with Crippen LogP contribution in [0.3, 0.4) is 0 Å². The van der Waals surface area contributed by atoms with E-state index in [0.29, 0.717) is 12.5 Å². The maximum absolute atomic E-state index is 13.3. The van der Waals surface area contributed by atoms with Crippen molar-refractivity contribution in [2.75, 3.05) is 11.4 Å². The average Bonchev–Trinajstić information content (AvgIpc) is 2.64. The third kappa shape index (κ3) is 2.47. The number of carboxylic acid groups (broad SMARTS) is 1. The first-order chi connectivity index (χ1) is 8.49. The second-order valence-electron chi connectivity index (χ2n) is 5.08. The van der Waals surface area contributed by atoms with Crippen molar-refractivity contribution in [3.8, 4) is 0 Å². The highest BCUT2D eigenvalue weighted by molar-refractivity contribution is 5.67. The van der Waals surface area contributed by atoms with Crippen molar-refractivity contribution < 1.29 is 14.3 Å². The van der Waals surface area contributed by atoms with Gasteiger partial charge in [0.25, 0.3) is 0 Å². The molecule has 0 amide bonds. The van der Waals surface area contributed by atoms with Gasteiger partial charge in [-0.15, -0.1) is 0 Å². The van der Waals surface area contributed by atoms with Crippen molar-refractivity contribution >= 4 is 11.7 Å². The third-order valence-electron chi connectivity index (χ3n) is 3.49. The van der Waals surface area contributed by atoms with Crippen molar-refractivity contribution in [1.82, 2.24) is 0 Å². The van der Waals surface area contributed by atoms with Gasteiger partial charge in [-0.3, -0.25) is 4.79 Å². The zero-order valence-electron chi connectivity index (χ0n) is 10.7. The van der Waals surface area contributed by atoms with Crippen LogP contribution in [-0.4, -0.2) is 23.7 Å². The molecule has 1 aliphatic rings. The van der Waals surface area contributed by atoms with Gasteiger partial charge in [0.15, 0.2) is 0 Å². The molecule has 0 bridgehead atoms. The van der Waals surface area contributed by atoms with Gasteiger partial charge in [-0.05, 0) is 38.0 Å². The Morgan fingerprint density at radius 1 is 1.56 bits per heavy atom. The molecule has 1 N–H and O–H groups in total. The van der Waals surface area contributed by atoms with E-state index in [1.54, 1.807) is 12.1 Å². The second-order valence-corrected chi connectivity index (χ2v) is 5.08. The lowest BCUT2D eigenvalue weighted by Gasteiger charge is -2.24. The van der Waals surface area contributed by atoms with Gasteiger partial charge in [0.05, 0.1) is 0 Å². The van der Waals surface area contributed by atoms with E-state index in [1.165, 1.54) is 6.07 Å². The molecule has 0 fully saturated rings. The number of hydrogen-bond donors (Lipinski definition) is 1. The summed E-state index contributed by atoms with van der Waals surface area (Å²) in [6, 6.07) is 5.09. The molecule has 0 saturated heterocycles. The molecule has 2 rings (SSSR count). The number of carbonyl (C=O) groups is 1. The fraction of sp³-hybridized carbons (Fsp3) is 0.500. The number of aliphatic carboxylic acids is 1. The molecular formula is C14H18FNO2. The van der Waals surface area contributed by atoms with E-state index in [2.05, 4.69) is 18.7 Å². The van der Waals surface area contributed by atoms with Crippen LogP contribution in [0.1, 0.15) is 38.2 Å². The van der Waals surface area contributed by atoms with Crippen molar-refractivity contribution in [3.63, 3.8) is 0 Å². The molecular weight excluding hydrogens is 233 g/mol. The number of halogens is 1. The molecule has 18 heavy (non-hydrogen) atoms. The van der Waals surface area contributed by atoms with E-state index in [4.69, 9.17) is 5.11 Å². The smallest absolute Gasteiger partial charge is 0.303 e. The zero-order chi connectivity index (χ0) is 13.3. The van der Waals surface area contributed by atoms with Crippen LogP contribution in [-0.2, 0) is 4.79 Å². The van der Waals surface area contributed by atoms with Crippen LogP contribution in [0.4, 0.5) is 10.1 Å². The summed E-state index contributed by atoms with van der Waals surface area (Å²) < 4.78 is 13.3. The van der Waals surface area contributed by atoms with Crippen LogP contribution in [0, 0.1) is 5.82 Å². The minimum atomic E-state index is -0.776. The lowest BCUT2D eigenvalue weighted by atomic mass is 9.96. The maximum atomic E-state index is 13.3. The van der Waals surface area contributed by atoms with E-state index in [0.717, 1.165) is 17.8 Å². The number of hydrogen-bond acceptors (Lipinski definition) is 2. The average molecular weight is 251 g/mol. The molecule has 1 aromatic rings. The molecule has 3 nitrogen and oxygen atoms in total. The SMILES string of the molecule is CC(C)N1CC(CCC(=O)O)c2ccc(F)cc21. The summed E-state index contributed by atoms with van der Waals surface area (Å²) in [6.45, 7) is 4.91. The molecule has 1 aromatic carbocycles. The molecule has 1 unspecified atom stereocenters. The Morgan fingerprint density at radius 3 is 2.89 bits per heavy atom. The number of nitrogens with zero attached hydrogens (tertiary/aromatic N) is 1. The Bertz CT molecular complexity index is 459. The minimum Gasteiger partial charge on any atom is -0.481 e.